The van der Waals surface area contributed by atoms with Crippen LogP contribution in [-0.2, 0) is 15.9 Å². The Morgan fingerprint density at radius 3 is 2.87 bits per heavy atom. The monoisotopic (exact) mass is 439 g/mol. The van der Waals surface area contributed by atoms with Crippen LogP contribution in [0.3, 0.4) is 0 Å². The lowest BCUT2D eigenvalue weighted by Crippen LogP contribution is -2.35. The van der Waals surface area contributed by atoms with Crippen molar-refractivity contribution in [1.82, 2.24) is 9.97 Å². The van der Waals surface area contributed by atoms with Gasteiger partial charge in [0.15, 0.2) is 5.13 Å². The van der Waals surface area contributed by atoms with Gasteiger partial charge in [-0.1, -0.05) is 17.4 Å². The Morgan fingerprint density at radius 2 is 2.06 bits per heavy atom. The van der Waals surface area contributed by atoms with Crippen LogP contribution in [0.25, 0.3) is 21.3 Å². The van der Waals surface area contributed by atoms with Crippen molar-refractivity contribution >= 4 is 44.5 Å². The molecule has 0 bridgehead atoms. The molecule has 2 aliphatic heterocycles. The zero-order valence-electron chi connectivity index (χ0n) is 16.7. The minimum absolute atomic E-state index is 0.0987. The van der Waals surface area contributed by atoms with Gasteiger partial charge >= 0.3 is 12.1 Å². The molecule has 0 aliphatic carbocycles. The Labute approximate surface area is 182 Å². The van der Waals surface area contributed by atoms with Crippen LogP contribution >= 0.6 is 11.3 Å². The maximum Gasteiger partial charge on any atom is 0.414 e. The Kier molecular flexibility index (Phi) is 5.16. The zero-order valence-corrected chi connectivity index (χ0v) is 17.5. The van der Waals surface area contributed by atoms with Gasteiger partial charge in [0.1, 0.15) is 6.10 Å². The number of fused-ring (bicyclic) bond motifs is 2. The summed E-state index contributed by atoms with van der Waals surface area (Å²) in [5.41, 5.74) is 9.46. The number of primary amides is 1. The normalized spacial score (nSPS) is 16.3. The van der Waals surface area contributed by atoms with E-state index in [9.17, 15) is 9.59 Å². The van der Waals surface area contributed by atoms with E-state index in [1.54, 1.807) is 4.90 Å². The molecule has 3 amide bonds. The molecule has 160 valence electrons. The summed E-state index contributed by atoms with van der Waals surface area (Å²) >= 11 is 1.35. The number of nitrogens with two attached hydrogens (primary N) is 1. The second-order valence-corrected chi connectivity index (χ2v) is 8.51. The summed E-state index contributed by atoms with van der Waals surface area (Å²) in [4.78, 5) is 34.4. The van der Waals surface area contributed by atoms with Gasteiger partial charge in [-0.3, -0.25) is 15.2 Å². The molecular formula is C21H21N5O4S. The average molecular weight is 439 g/mol. The molecule has 1 fully saturated rings. The van der Waals surface area contributed by atoms with E-state index < -0.39 is 6.03 Å². The summed E-state index contributed by atoms with van der Waals surface area (Å²) in [6.45, 7) is 1.80. The quantitative estimate of drug-likeness (QED) is 0.644. The first-order valence-electron chi connectivity index (χ1n) is 10.1. The van der Waals surface area contributed by atoms with Gasteiger partial charge in [-0.05, 0) is 23.8 Å². The highest BCUT2D eigenvalue weighted by Gasteiger charge is 2.29. The Bertz CT molecular complexity index is 1160. The van der Waals surface area contributed by atoms with Crippen LogP contribution in [0.4, 0.5) is 20.4 Å². The van der Waals surface area contributed by atoms with Crippen LogP contribution in [-0.4, -0.2) is 48.0 Å². The molecule has 0 saturated carbocycles. The molecule has 5 rings (SSSR count). The second kappa shape index (κ2) is 8.12. The van der Waals surface area contributed by atoms with Crippen LogP contribution in [0.15, 0.2) is 30.5 Å². The number of ether oxygens (including phenoxy) is 2. The van der Waals surface area contributed by atoms with Gasteiger partial charge in [-0.2, -0.15) is 0 Å². The first-order chi connectivity index (χ1) is 15.1. The Balaban J connectivity index is 1.39. The van der Waals surface area contributed by atoms with E-state index in [0.29, 0.717) is 31.3 Å². The molecule has 2 aliphatic rings. The van der Waals surface area contributed by atoms with Crippen LogP contribution < -0.4 is 16.0 Å². The van der Waals surface area contributed by atoms with Gasteiger partial charge in [0.2, 0.25) is 0 Å². The van der Waals surface area contributed by atoms with E-state index >= 15 is 0 Å². The molecule has 9 nitrogen and oxygen atoms in total. The summed E-state index contributed by atoms with van der Waals surface area (Å²) in [6, 6.07) is 7.15. The fourth-order valence-electron chi connectivity index (χ4n) is 3.86. The minimum Gasteiger partial charge on any atom is -0.446 e. The number of carbonyl (C=O) groups excluding carboxylic acids is 2. The minimum atomic E-state index is -0.644. The number of amides is 3. The maximum absolute atomic E-state index is 12.8. The number of rotatable bonds is 3. The van der Waals surface area contributed by atoms with Gasteiger partial charge in [0.25, 0.3) is 0 Å². The summed E-state index contributed by atoms with van der Waals surface area (Å²) in [7, 11) is 0. The Morgan fingerprint density at radius 1 is 1.23 bits per heavy atom. The third-order valence-electron chi connectivity index (χ3n) is 5.42. The van der Waals surface area contributed by atoms with E-state index in [2.05, 4.69) is 15.3 Å². The molecule has 0 unspecified atom stereocenters. The van der Waals surface area contributed by atoms with Crippen LogP contribution in [0.2, 0.25) is 0 Å². The van der Waals surface area contributed by atoms with Crippen molar-refractivity contribution in [1.29, 1.82) is 0 Å². The number of urea groups is 1. The van der Waals surface area contributed by atoms with E-state index in [-0.39, 0.29) is 12.2 Å². The highest BCUT2D eigenvalue weighted by atomic mass is 32.1. The SMILES string of the molecule is NC(=O)Nc1nc2ccc(-c3cnc4c(c3)N(C(=O)OC3CCOCC3)CC4)cc2s1. The summed E-state index contributed by atoms with van der Waals surface area (Å²) in [5.74, 6) is 0. The number of thiazole rings is 1. The molecular weight excluding hydrogens is 418 g/mol. The topological polar surface area (TPSA) is 120 Å². The van der Waals surface area contributed by atoms with Gasteiger partial charge in [0, 0.05) is 37.6 Å². The lowest BCUT2D eigenvalue weighted by molar-refractivity contribution is 0.00393. The van der Waals surface area contributed by atoms with Gasteiger partial charge < -0.3 is 15.2 Å². The number of nitrogens with one attached hydrogen (secondary N) is 1. The number of pyridine rings is 1. The van der Waals surface area contributed by atoms with Gasteiger partial charge in [-0.25, -0.2) is 14.6 Å². The third kappa shape index (κ3) is 4.04. The summed E-state index contributed by atoms with van der Waals surface area (Å²) in [5, 5.41) is 2.96. The molecule has 1 aromatic carbocycles. The van der Waals surface area contributed by atoms with Crippen molar-refractivity contribution in [3.63, 3.8) is 0 Å². The molecule has 2 aromatic heterocycles. The van der Waals surface area contributed by atoms with Crippen LogP contribution in [0, 0.1) is 0 Å². The molecule has 4 heterocycles. The van der Waals surface area contributed by atoms with E-state index in [0.717, 1.165) is 45.6 Å². The molecule has 3 N–H and O–H groups in total. The molecule has 0 radical (unpaired) electrons. The molecule has 31 heavy (non-hydrogen) atoms. The first kappa shape index (κ1) is 19.7. The number of carbonyl (C=O) groups is 2. The molecule has 0 atom stereocenters. The fourth-order valence-corrected chi connectivity index (χ4v) is 4.76. The van der Waals surface area contributed by atoms with Gasteiger partial charge in [0.05, 0.1) is 34.8 Å². The van der Waals surface area contributed by atoms with Crippen LogP contribution in [0.1, 0.15) is 18.5 Å². The lowest BCUT2D eigenvalue weighted by Gasteiger charge is -2.25. The second-order valence-electron chi connectivity index (χ2n) is 7.48. The van der Waals surface area contributed by atoms with E-state index in [1.807, 2.05) is 30.5 Å². The lowest BCUT2D eigenvalue weighted by atomic mass is 10.1. The molecule has 0 spiro atoms. The largest absolute Gasteiger partial charge is 0.446 e. The average Bonchev–Trinajstić information content (AvgIpc) is 3.36. The zero-order chi connectivity index (χ0) is 21.4. The van der Waals surface area contributed by atoms with E-state index in [1.165, 1.54) is 11.3 Å². The number of benzene rings is 1. The van der Waals surface area contributed by atoms with Crippen molar-refractivity contribution < 1.29 is 19.1 Å². The molecule has 10 heteroatoms. The number of anilines is 2. The van der Waals surface area contributed by atoms with Crippen molar-refractivity contribution in [3.05, 3.63) is 36.2 Å². The fraction of sp³-hybridized carbons (Fsp3) is 0.333. The predicted octanol–water partition coefficient (Wildman–Crippen LogP) is 3.53. The third-order valence-corrected chi connectivity index (χ3v) is 6.35. The first-order valence-corrected chi connectivity index (χ1v) is 10.9. The van der Waals surface area contributed by atoms with Crippen LogP contribution in [0.5, 0.6) is 0 Å². The highest BCUT2D eigenvalue weighted by molar-refractivity contribution is 7.22. The number of nitrogens with zero attached hydrogens (tertiary/aromatic N) is 3. The summed E-state index contributed by atoms with van der Waals surface area (Å²) in [6.07, 6.45) is 3.55. The Hall–Kier alpha value is -3.24. The molecule has 3 aromatic rings. The number of hydrogen-bond donors (Lipinski definition) is 2. The highest BCUT2D eigenvalue weighted by Crippen LogP contribution is 2.34. The van der Waals surface area contributed by atoms with Crippen molar-refractivity contribution in [2.75, 3.05) is 30.0 Å². The standard InChI is InChI=1S/C21H21N5O4S/c22-19(27)25-20-24-16-2-1-12(10-18(16)31-20)13-9-17-15(23-11-13)3-6-26(17)21(28)30-14-4-7-29-8-5-14/h1-2,9-11,14H,3-8H2,(H3,22,24,25,27). The molecule has 1 saturated heterocycles. The van der Waals surface area contributed by atoms with Crippen molar-refractivity contribution in [3.8, 4) is 11.1 Å². The maximum atomic E-state index is 12.8. The van der Waals surface area contributed by atoms with Crippen molar-refractivity contribution in [2.24, 2.45) is 5.73 Å². The smallest absolute Gasteiger partial charge is 0.414 e. The number of hydrogen-bond acceptors (Lipinski definition) is 7. The number of aromatic nitrogens is 2. The van der Waals surface area contributed by atoms with Crippen molar-refractivity contribution in [2.45, 2.75) is 25.4 Å². The van der Waals surface area contributed by atoms with Gasteiger partial charge in [-0.15, -0.1) is 0 Å². The summed E-state index contributed by atoms with van der Waals surface area (Å²) < 4.78 is 11.9. The predicted molar refractivity (Wildman–Crippen MR) is 117 cm³/mol. The van der Waals surface area contributed by atoms with E-state index in [4.69, 9.17) is 15.2 Å².